The van der Waals surface area contributed by atoms with Gasteiger partial charge in [0.1, 0.15) is 0 Å². The Morgan fingerprint density at radius 2 is 2.10 bits per heavy atom. The smallest absolute Gasteiger partial charge is 0.312 e. The first kappa shape index (κ1) is 15.2. The number of carbonyl (C=O) groups is 1. The van der Waals surface area contributed by atoms with Gasteiger partial charge in [-0.2, -0.15) is 4.31 Å². The van der Waals surface area contributed by atoms with Crippen LogP contribution in [-0.4, -0.2) is 48.3 Å². The van der Waals surface area contributed by atoms with Gasteiger partial charge in [-0.1, -0.05) is 0 Å². The van der Waals surface area contributed by atoms with E-state index in [4.69, 9.17) is 0 Å². The summed E-state index contributed by atoms with van der Waals surface area (Å²) >= 11 is 0. The molecule has 0 unspecified atom stereocenters. The molecule has 1 aromatic rings. The topological polar surface area (TPSA) is 130 Å². The molecule has 0 atom stereocenters. The van der Waals surface area contributed by atoms with Gasteiger partial charge < -0.3 is 10.4 Å². The molecule has 1 aromatic carbocycles. The van der Waals surface area contributed by atoms with Crippen LogP contribution in [0.3, 0.4) is 0 Å². The maximum atomic E-state index is 12.4. The van der Waals surface area contributed by atoms with Gasteiger partial charge in [0.05, 0.1) is 16.4 Å². The van der Waals surface area contributed by atoms with Crippen LogP contribution in [0.1, 0.15) is 6.42 Å². The van der Waals surface area contributed by atoms with Gasteiger partial charge in [0, 0.05) is 19.2 Å². The fourth-order valence-corrected chi connectivity index (χ4v) is 3.40. The predicted molar refractivity (Wildman–Crippen MR) is 71.1 cm³/mol. The molecular formula is C11H13N3O6S. The number of nitrogens with one attached hydrogen (secondary N) is 1. The second kappa shape index (κ2) is 5.66. The zero-order valence-corrected chi connectivity index (χ0v) is 11.7. The van der Waals surface area contributed by atoms with Crippen LogP contribution in [0.25, 0.3) is 0 Å². The Labute approximate surface area is 120 Å². The number of nitro benzene ring substituents is 1. The number of nitrogens with zero attached hydrogens (tertiary/aromatic N) is 2. The summed E-state index contributed by atoms with van der Waals surface area (Å²) in [5, 5.41) is 22.7. The van der Waals surface area contributed by atoms with Gasteiger partial charge >= 0.3 is 5.69 Å². The molecule has 0 aliphatic carbocycles. The van der Waals surface area contributed by atoms with E-state index in [1.54, 1.807) is 0 Å². The lowest BCUT2D eigenvalue weighted by molar-refractivity contribution is -0.386. The Kier molecular flexibility index (Phi) is 4.09. The van der Waals surface area contributed by atoms with Gasteiger partial charge in [-0.05, 0) is 18.6 Å². The van der Waals surface area contributed by atoms with Crippen molar-refractivity contribution in [1.29, 1.82) is 0 Å². The summed E-state index contributed by atoms with van der Waals surface area (Å²) in [7, 11) is -4.03. The Morgan fingerprint density at radius 1 is 1.38 bits per heavy atom. The van der Waals surface area contributed by atoms with Crippen LogP contribution < -0.4 is 5.32 Å². The number of hydrogen-bond acceptors (Lipinski definition) is 6. The van der Waals surface area contributed by atoms with Crippen molar-refractivity contribution in [3.8, 4) is 5.75 Å². The lowest BCUT2D eigenvalue weighted by Crippen LogP contribution is -2.37. The van der Waals surface area contributed by atoms with Gasteiger partial charge in [0.15, 0.2) is 5.75 Å². The number of carbonyl (C=O) groups excluding carboxylic acids is 1. The highest BCUT2D eigenvalue weighted by Crippen LogP contribution is 2.29. The molecule has 0 bridgehead atoms. The van der Waals surface area contributed by atoms with Gasteiger partial charge in [-0.3, -0.25) is 14.9 Å². The Bertz CT molecular complexity index is 687. The van der Waals surface area contributed by atoms with Crippen LogP contribution in [0.15, 0.2) is 23.1 Å². The monoisotopic (exact) mass is 315 g/mol. The quantitative estimate of drug-likeness (QED) is 0.587. The van der Waals surface area contributed by atoms with Crippen LogP contribution in [0.2, 0.25) is 0 Å². The van der Waals surface area contributed by atoms with Crippen molar-refractivity contribution in [3.63, 3.8) is 0 Å². The third-order valence-electron chi connectivity index (χ3n) is 3.01. The van der Waals surface area contributed by atoms with Crippen molar-refractivity contribution in [2.24, 2.45) is 0 Å². The molecule has 21 heavy (non-hydrogen) atoms. The molecule has 114 valence electrons. The van der Waals surface area contributed by atoms with E-state index >= 15 is 0 Å². The molecule has 0 aromatic heterocycles. The summed E-state index contributed by atoms with van der Waals surface area (Å²) in [5.41, 5.74) is -0.699. The molecule has 1 aliphatic heterocycles. The minimum absolute atomic E-state index is 0.135. The van der Waals surface area contributed by atoms with Gasteiger partial charge in [0.2, 0.25) is 15.9 Å². The van der Waals surface area contributed by atoms with E-state index in [0.717, 1.165) is 22.5 Å². The number of nitro groups is 1. The summed E-state index contributed by atoms with van der Waals surface area (Å²) in [4.78, 5) is 21.0. The zero-order chi connectivity index (χ0) is 15.6. The van der Waals surface area contributed by atoms with Crippen molar-refractivity contribution in [2.45, 2.75) is 11.3 Å². The summed E-state index contributed by atoms with van der Waals surface area (Å²) in [6.45, 7) is 0.174. The lowest BCUT2D eigenvalue weighted by atomic mass is 10.3. The first-order valence-electron chi connectivity index (χ1n) is 6.06. The number of phenols is 1. The Morgan fingerprint density at radius 3 is 2.76 bits per heavy atom. The number of aromatic hydroxyl groups is 1. The predicted octanol–water partition coefficient (Wildman–Crippen LogP) is -0.189. The minimum atomic E-state index is -4.03. The molecule has 2 N–H and O–H groups in total. The highest BCUT2D eigenvalue weighted by molar-refractivity contribution is 7.89. The molecule has 1 aliphatic rings. The second-order valence-corrected chi connectivity index (χ2v) is 6.39. The fourth-order valence-electron chi connectivity index (χ4n) is 1.94. The maximum Gasteiger partial charge on any atom is 0.312 e. The van der Waals surface area contributed by atoms with E-state index < -0.39 is 32.3 Å². The molecule has 0 spiro atoms. The average Bonchev–Trinajstić information content (AvgIpc) is 2.63. The summed E-state index contributed by atoms with van der Waals surface area (Å²) in [6.07, 6.45) is 0.450. The molecular weight excluding hydrogens is 302 g/mol. The highest BCUT2D eigenvalue weighted by Gasteiger charge is 2.30. The van der Waals surface area contributed by atoms with E-state index in [0.29, 0.717) is 13.0 Å². The highest BCUT2D eigenvalue weighted by atomic mass is 32.2. The van der Waals surface area contributed by atoms with E-state index in [-0.39, 0.29) is 18.0 Å². The lowest BCUT2D eigenvalue weighted by Gasteiger charge is -2.18. The fraction of sp³-hybridized carbons (Fsp3) is 0.364. The molecule has 9 nitrogen and oxygen atoms in total. The molecule has 10 heteroatoms. The second-order valence-electron chi connectivity index (χ2n) is 4.45. The number of phenolic OH excluding ortho intramolecular Hbond substituents is 1. The minimum Gasteiger partial charge on any atom is -0.502 e. The number of sulfonamides is 1. The van der Waals surface area contributed by atoms with Gasteiger partial charge in [0.25, 0.3) is 0 Å². The Balaban J connectivity index is 2.41. The SMILES string of the molecule is O=C1CN(S(=O)(=O)c2ccc(O)c([N+](=O)[O-])c2)CCCN1. The van der Waals surface area contributed by atoms with Crippen LogP contribution in [0.4, 0.5) is 5.69 Å². The molecule has 0 saturated carbocycles. The third kappa shape index (κ3) is 3.11. The van der Waals surface area contributed by atoms with Gasteiger partial charge in [-0.15, -0.1) is 0 Å². The van der Waals surface area contributed by atoms with Crippen molar-refractivity contribution < 1.29 is 23.2 Å². The molecule has 2 rings (SSSR count). The number of benzene rings is 1. The average molecular weight is 315 g/mol. The van der Waals surface area contributed by atoms with E-state index in [9.17, 15) is 28.4 Å². The van der Waals surface area contributed by atoms with E-state index in [1.807, 2.05) is 0 Å². The largest absolute Gasteiger partial charge is 0.502 e. The summed E-state index contributed by atoms with van der Waals surface area (Å²) in [5.74, 6) is -1.04. The molecule has 1 heterocycles. The Hall–Kier alpha value is -2.20. The number of rotatable bonds is 3. The first-order chi connectivity index (χ1) is 9.82. The normalized spacial score (nSPS) is 17.0. The molecule has 1 saturated heterocycles. The van der Waals surface area contributed by atoms with Crippen LogP contribution >= 0.6 is 0 Å². The molecule has 0 radical (unpaired) electrons. The van der Waals surface area contributed by atoms with Crippen LogP contribution in [-0.2, 0) is 14.8 Å². The summed E-state index contributed by atoms with van der Waals surface area (Å²) in [6, 6.07) is 2.80. The van der Waals surface area contributed by atoms with E-state index in [1.165, 1.54) is 0 Å². The van der Waals surface area contributed by atoms with Crippen molar-refractivity contribution in [3.05, 3.63) is 28.3 Å². The van der Waals surface area contributed by atoms with Crippen molar-refractivity contribution in [1.82, 2.24) is 9.62 Å². The van der Waals surface area contributed by atoms with Crippen LogP contribution in [0.5, 0.6) is 5.75 Å². The molecule has 1 fully saturated rings. The first-order valence-corrected chi connectivity index (χ1v) is 7.50. The number of amides is 1. The van der Waals surface area contributed by atoms with Crippen LogP contribution in [0, 0.1) is 10.1 Å². The van der Waals surface area contributed by atoms with Gasteiger partial charge in [-0.25, -0.2) is 8.42 Å². The maximum absolute atomic E-state index is 12.4. The third-order valence-corrected chi connectivity index (χ3v) is 4.85. The van der Waals surface area contributed by atoms with Crippen molar-refractivity contribution >= 4 is 21.6 Å². The van der Waals surface area contributed by atoms with Crippen molar-refractivity contribution in [2.75, 3.05) is 19.6 Å². The standard InChI is InChI=1S/C11H13N3O6S/c15-10-3-2-8(6-9(10)14(17)18)21(19,20)13-5-1-4-12-11(16)7-13/h2-3,6,15H,1,4-5,7H2,(H,12,16). The summed E-state index contributed by atoms with van der Waals surface area (Å²) < 4.78 is 25.8. The van der Waals surface area contributed by atoms with E-state index in [2.05, 4.69) is 5.32 Å². The molecule has 1 amide bonds. The number of hydrogen-bond donors (Lipinski definition) is 2. The zero-order valence-electron chi connectivity index (χ0n) is 10.9.